The molecule has 0 aliphatic rings. The molecule has 4 N–H and O–H groups in total. The van der Waals surface area contributed by atoms with Gasteiger partial charge in [0, 0.05) is 11.8 Å². The lowest BCUT2D eigenvalue weighted by molar-refractivity contribution is -0.141. The first-order valence-corrected chi connectivity index (χ1v) is 6.52. The van der Waals surface area contributed by atoms with Crippen molar-refractivity contribution >= 4 is 17.6 Å². The van der Waals surface area contributed by atoms with Crippen LogP contribution in [0, 0.1) is 13.8 Å². The van der Waals surface area contributed by atoms with E-state index in [1.807, 2.05) is 26.0 Å². The fourth-order valence-electron chi connectivity index (χ4n) is 1.79. The van der Waals surface area contributed by atoms with Crippen LogP contribution < -0.4 is 16.6 Å². The van der Waals surface area contributed by atoms with E-state index in [4.69, 9.17) is 5.73 Å². The number of H-pyrrole nitrogens is 1. The van der Waals surface area contributed by atoms with Crippen LogP contribution >= 0.6 is 0 Å². The van der Waals surface area contributed by atoms with Gasteiger partial charge in [0.25, 0.3) is 5.56 Å². The zero-order valence-electron chi connectivity index (χ0n) is 12.3. The van der Waals surface area contributed by atoms with Gasteiger partial charge in [0.15, 0.2) is 5.69 Å². The van der Waals surface area contributed by atoms with Crippen molar-refractivity contribution in [2.75, 3.05) is 5.32 Å². The number of nitrogens with zero attached hydrogens (tertiary/aromatic N) is 2. The molecule has 1 aromatic carbocycles. The Morgan fingerprint density at radius 1 is 1.30 bits per heavy atom. The maximum absolute atomic E-state index is 12.6. The van der Waals surface area contributed by atoms with Crippen molar-refractivity contribution in [3.8, 4) is 0 Å². The number of aromatic amines is 1. The van der Waals surface area contributed by atoms with E-state index in [0.717, 1.165) is 11.1 Å². The number of halogens is 3. The lowest BCUT2D eigenvalue weighted by Gasteiger charge is -2.10. The highest BCUT2D eigenvalue weighted by Crippen LogP contribution is 2.27. The monoisotopic (exact) mass is 325 g/mol. The lowest BCUT2D eigenvalue weighted by atomic mass is 10.1. The predicted octanol–water partition coefficient (Wildman–Crippen LogP) is 2.46. The molecule has 0 saturated heterocycles. The Bertz CT molecular complexity index is 811. The van der Waals surface area contributed by atoms with Crippen molar-refractivity contribution in [1.82, 2.24) is 9.97 Å². The lowest BCUT2D eigenvalue weighted by Crippen LogP contribution is -2.23. The Labute approximate surface area is 129 Å². The average Bonchev–Trinajstić information content (AvgIpc) is 2.41. The van der Waals surface area contributed by atoms with Crippen molar-refractivity contribution in [2.45, 2.75) is 20.0 Å². The maximum atomic E-state index is 12.6. The van der Waals surface area contributed by atoms with Crippen LogP contribution in [-0.4, -0.2) is 15.9 Å². The van der Waals surface area contributed by atoms with Gasteiger partial charge in [-0.25, -0.2) is 4.98 Å². The quantitative estimate of drug-likeness (QED) is 0.584. The van der Waals surface area contributed by atoms with E-state index in [2.05, 4.69) is 20.3 Å². The molecule has 1 aromatic heterocycles. The molecule has 0 unspecified atom stereocenters. The fraction of sp³-hybridized carbons (Fsp3) is 0.214. The van der Waals surface area contributed by atoms with E-state index in [0.29, 0.717) is 11.8 Å². The van der Waals surface area contributed by atoms with Gasteiger partial charge in [-0.1, -0.05) is 12.1 Å². The predicted molar refractivity (Wildman–Crippen MR) is 80.7 cm³/mol. The molecule has 0 spiro atoms. The first-order valence-electron chi connectivity index (χ1n) is 6.52. The molecule has 1 heterocycles. The zero-order chi connectivity index (χ0) is 17.2. The normalized spacial score (nSPS) is 12.3. The number of alkyl halides is 3. The number of hydrogen-bond donors (Lipinski definition) is 3. The van der Waals surface area contributed by atoms with E-state index in [1.165, 1.54) is 0 Å². The maximum Gasteiger partial charge on any atom is 0.433 e. The molecule has 0 radical (unpaired) electrons. The van der Waals surface area contributed by atoms with E-state index in [9.17, 15) is 18.0 Å². The third-order valence-corrected chi connectivity index (χ3v) is 2.90. The van der Waals surface area contributed by atoms with E-state index in [-0.39, 0.29) is 5.96 Å². The van der Waals surface area contributed by atoms with Crippen LogP contribution in [0.2, 0.25) is 0 Å². The largest absolute Gasteiger partial charge is 0.433 e. The second-order valence-corrected chi connectivity index (χ2v) is 4.89. The number of aromatic nitrogens is 2. The first kappa shape index (κ1) is 16.5. The first-order chi connectivity index (χ1) is 10.6. The summed E-state index contributed by atoms with van der Waals surface area (Å²) < 4.78 is 37.9. The topological polar surface area (TPSA) is 96.2 Å². The molecule has 122 valence electrons. The summed E-state index contributed by atoms with van der Waals surface area (Å²) in [6, 6.07) is 5.92. The molecule has 23 heavy (non-hydrogen) atoms. The second-order valence-electron chi connectivity index (χ2n) is 4.89. The molecular formula is C14H14F3N5O. The molecule has 0 saturated carbocycles. The summed E-state index contributed by atoms with van der Waals surface area (Å²) in [7, 11) is 0. The van der Waals surface area contributed by atoms with Crippen LogP contribution in [0.5, 0.6) is 0 Å². The summed E-state index contributed by atoms with van der Waals surface area (Å²) in [5.41, 5.74) is 5.86. The second kappa shape index (κ2) is 6.11. The number of hydrogen-bond acceptors (Lipinski definition) is 3. The molecule has 2 aromatic rings. The van der Waals surface area contributed by atoms with Crippen LogP contribution in [0.3, 0.4) is 0 Å². The standard InChI is InChI=1S/C14H14F3N5O/c1-7-3-4-8(2)9(5-7)19-12(18)22-13-20-10(14(15,16)17)6-11(23)21-13/h3-6H,1-2H3,(H4,18,19,20,21,22,23). The van der Waals surface area contributed by atoms with Crippen LogP contribution in [-0.2, 0) is 6.18 Å². The smallest absolute Gasteiger partial charge is 0.369 e. The van der Waals surface area contributed by atoms with Crippen molar-refractivity contribution < 1.29 is 13.2 Å². The molecule has 0 aliphatic heterocycles. The third-order valence-electron chi connectivity index (χ3n) is 2.90. The van der Waals surface area contributed by atoms with Gasteiger partial charge in [-0.2, -0.15) is 18.2 Å². The van der Waals surface area contributed by atoms with Gasteiger partial charge in [0.05, 0.1) is 0 Å². The number of nitrogens with two attached hydrogens (primary N) is 1. The minimum Gasteiger partial charge on any atom is -0.369 e. The fourth-order valence-corrected chi connectivity index (χ4v) is 1.79. The minimum atomic E-state index is -4.74. The van der Waals surface area contributed by atoms with Crippen LogP contribution in [0.25, 0.3) is 0 Å². The van der Waals surface area contributed by atoms with Gasteiger partial charge < -0.3 is 11.1 Å². The summed E-state index contributed by atoms with van der Waals surface area (Å²) in [6.07, 6.45) is -4.74. The van der Waals surface area contributed by atoms with Crippen molar-refractivity contribution in [3.05, 3.63) is 51.4 Å². The number of nitrogens with one attached hydrogen (secondary N) is 2. The van der Waals surface area contributed by atoms with Crippen LogP contribution in [0.15, 0.2) is 34.1 Å². The molecule has 6 nitrogen and oxygen atoms in total. The highest BCUT2D eigenvalue weighted by atomic mass is 19.4. The molecule has 2 rings (SSSR count). The summed E-state index contributed by atoms with van der Waals surface area (Å²) in [4.78, 5) is 20.3. The van der Waals surface area contributed by atoms with Crippen LogP contribution in [0.4, 0.5) is 24.8 Å². The summed E-state index contributed by atoms with van der Waals surface area (Å²) in [5.74, 6) is -0.721. The van der Waals surface area contributed by atoms with E-state index >= 15 is 0 Å². The Morgan fingerprint density at radius 3 is 2.65 bits per heavy atom. The van der Waals surface area contributed by atoms with E-state index < -0.39 is 23.4 Å². The van der Waals surface area contributed by atoms with Crippen molar-refractivity contribution in [2.24, 2.45) is 10.7 Å². The Kier molecular flexibility index (Phi) is 4.39. The number of aliphatic imine (C=N–C) groups is 1. The van der Waals surface area contributed by atoms with Crippen molar-refractivity contribution in [1.29, 1.82) is 0 Å². The summed E-state index contributed by atoms with van der Waals surface area (Å²) in [5, 5.41) is 2.76. The molecule has 0 atom stereocenters. The van der Waals surface area contributed by atoms with Gasteiger partial charge in [0.1, 0.15) is 0 Å². The van der Waals surface area contributed by atoms with Crippen LogP contribution in [0.1, 0.15) is 16.8 Å². The van der Waals surface area contributed by atoms with Crippen molar-refractivity contribution in [3.63, 3.8) is 0 Å². The van der Waals surface area contributed by atoms with Gasteiger partial charge in [-0.3, -0.25) is 9.78 Å². The molecule has 9 heteroatoms. The highest BCUT2D eigenvalue weighted by molar-refractivity contribution is 5.94. The van der Waals surface area contributed by atoms with Gasteiger partial charge in [0.2, 0.25) is 11.9 Å². The highest BCUT2D eigenvalue weighted by Gasteiger charge is 2.33. The molecular weight excluding hydrogens is 311 g/mol. The minimum absolute atomic E-state index is 0.193. The molecule has 0 amide bonds. The SMILES string of the molecule is Cc1ccc(C)c(N/C(N)=N/c2nc(C(F)(F)F)cc(=O)[nH]2)c1. The Morgan fingerprint density at radius 2 is 2.00 bits per heavy atom. The molecule has 0 fully saturated rings. The average molecular weight is 325 g/mol. The number of aryl methyl sites for hydroxylation is 2. The summed E-state index contributed by atoms with van der Waals surface area (Å²) in [6.45, 7) is 3.71. The Hall–Kier alpha value is -2.84. The van der Waals surface area contributed by atoms with Gasteiger partial charge >= 0.3 is 6.18 Å². The van der Waals surface area contributed by atoms with Gasteiger partial charge in [-0.15, -0.1) is 0 Å². The number of benzene rings is 1. The molecule has 0 aliphatic carbocycles. The third kappa shape index (κ3) is 4.31. The van der Waals surface area contributed by atoms with E-state index in [1.54, 1.807) is 6.07 Å². The van der Waals surface area contributed by atoms with Gasteiger partial charge in [-0.05, 0) is 31.0 Å². The summed E-state index contributed by atoms with van der Waals surface area (Å²) >= 11 is 0. The zero-order valence-corrected chi connectivity index (χ0v) is 12.3. The number of rotatable bonds is 2. The molecule has 0 bridgehead atoms. The number of anilines is 1. The number of guanidine groups is 1. The Balaban J connectivity index is 2.32.